The highest BCUT2D eigenvalue weighted by molar-refractivity contribution is 6.33. The summed E-state index contributed by atoms with van der Waals surface area (Å²) in [7, 11) is 1.24. The van der Waals surface area contributed by atoms with Gasteiger partial charge in [0, 0.05) is 0 Å². The van der Waals surface area contributed by atoms with Gasteiger partial charge in [0.2, 0.25) is 0 Å². The molecule has 0 saturated heterocycles. The Morgan fingerprint density at radius 3 is 2.52 bits per heavy atom. The number of nitrogen functional groups attached to an aromatic ring is 1. The smallest absolute Gasteiger partial charge is 0.339 e. The maximum Gasteiger partial charge on any atom is 0.339 e. The highest BCUT2D eigenvalue weighted by atomic mass is 35.5. The number of ether oxygens (including phenoxy) is 2. The van der Waals surface area contributed by atoms with Gasteiger partial charge in [0.15, 0.2) is 6.61 Å². The standard InChI is InChI=1S/C17H15ClN2O5/c1-24-17(23)11-4-2-3-5-14(11)20-15(21)9-25-16(22)10-6-7-12(18)13(19)8-10/h2-8H,9,19H2,1H3,(H,20,21). The van der Waals surface area contributed by atoms with Gasteiger partial charge in [-0.2, -0.15) is 0 Å². The van der Waals surface area contributed by atoms with E-state index in [2.05, 4.69) is 10.1 Å². The van der Waals surface area contributed by atoms with Crippen LogP contribution in [0.2, 0.25) is 5.02 Å². The second-order valence-electron chi connectivity index (χ2n) is 4.90. The number of carbonyl (C=O) groups is 3. The fourth-order valence-electron chi connectivity index (χ4n) is 1.95. The first-order valence-corrected chi connectivity index (χ1v) is 7.49. The number of amides is 1. The monoisotopic (exact) mass is 362 g/mol. The Hall–Kier alpha value is -3.06. The van der Waals surface area contributed by atoms with Crippen LogP contribution < -0.4 is 11.1 Å². The molecule has 25 heavy (non-hydrogen) atoms. The van der Waals surface area contributed by atoms with Crippen molar-refractivity contribution < 1.29 is 23.9 Å². The number of halogens is 1. The van der Waals surface area contributed by atoms with Gasteiger partial charge in [-0.1, -0.05) is 23.7 Å². The molecule has 0 aromatic heterocycles. The highest BCUT2D eigenvalue weighted by Gasteiger charge is 2.15. The molecule has 8 heteroatoms. The van der Waals surface area contributed by atoms with Crippen molar-refractivity contribution >= 4 is 40.8 Å². The minimum Gasteiger partial charge on any atom is -0.465 e. The Bertz CT molecular complexity index is 822. The van der Waals surface area contributed by atoms with Crippen LogP contribution in [0.5, 0.6) is 0 Å². The van der Waals surface area contributed by atoms with E-state index >= 15 is 0 Å². The molecule has 0 bridgehead atoms. The fraction of sp³-hybridized carbons (Fsp3) is 0.118. The van der Waals surface area contributed by atoms with Gasteiger partial charge in [0.05, 0.1) is 34.6 Å². The lowest BCUT2D eigenvalue weighted by molar-refractivity contribution is -0.119. The minimum absolute atomic E-state index is 0.171. The van der Waals surface area contributed by atoms with E-state index in [4.69, 9.17) is 22.1 Å². The van der Waals surface area contributed by atoms with Gasteiger partial charge in [-0.15, -0.1) is 0 Å². The third kappa shape index (κ3) is 4.71. The zero-order chi connectivity index (χ0) is 18.4. The summed E-state index contributed by atoms with van der Waals surface area (Å²) in [5.41, 5.74) is 6.46. The lowest BCUT2D eigenvalue weighted by Crippen LogP contribution is -2.22. The third-order valence-electron chi connectivity index (χ3n) is 3.17. The Morgan fingerprint density at radius 1 is 1.12 bits per heavy atom. The summed E-state index contributed by atoms with van der Waals surface area (Å²) in [6.07, 6.45) is 0. The molecule has 3 N–H and O–H groups in total. The summed E-state index contributed by atoms with van der Waals surface area (Å²) < 4.78 is 9.55. The van der Waals surface area contributed by atoms with Crippen LogP contribution in [0.3, 0.4) is 0 Å². The van der Waals surface area contributed by atoms with Crippen LogP contribution in [0.4, 0.5) is 11.4 Å². The summed E-state index contributed by atoms with van der Waals surface area (Å²) in [5.74, 6) is -1.92. The van der Waals surface area contributed by atoms with Crippen molar-refractivity contribution in [1.29, 1.82) is 0 Å². The van der Waals surface area contributed by atoms with Gasteiger partial charge in [0.1, 0.15) is 0 Å². The van der Waals surface area contributed by atoms with E-state index in [-0.39, 0.29) is 22.5 Å². The zero-order valence-electron chi connectivity index (χ0n) is 13.2. The van der Waals surface area contributed by atoms with E-state index in [0.717, 1.165) is 0 Å². The fourth-order valence-corrected chi connectivity index (χ4v) is 2.07. The van der Waals surface area contributed by atoms with Gasteiger partial charge in [-0.25, -0.2) is 9.59 Å². The molecular formula is C17H15ClN2O5. The summed E-state index contributed by atoms with van der Waals surface area (Å²) >= 11 is 5.78. The number of rotatable bonds is 5. The molecule has 130 valence electrons. The van der Waals surface area contributed by atoms with Gasteiger partial charge < -0.3 is 20.5 Å². The molecule has 0 aliphatic heterocycles. The first-order chi connectivity index (χ1) is 11.9. The van der Waals surface area contributed by atoms with Gasteiger partial charge in [-0.3, -0.25) is 4.79 Å². The molecular weight excluding hydrogens is 348 g/mol. The number of para-hydroxylation sites is 1. The van der Waals surface area contributed by atoms with E-state index in [1.807, 2.05) is 0 Å². The molecule has 0 spiro atoms. The first kappa shape index (κ1) is 18.3. The maximum atomic E-state index is 11.9. The topological polar surface area (TPSA) is 108 Å². The average Bonchev–Trinajstić information content (AvgIpc) is 2.61. The predicted octanol–water partition coefficient (Wildman–Crippen LogP) is 2.50. The SMILES string of the molecule is COC(=O)c1ccccc1NC(=O)COC(=O)c1ccc(Cl)c(N)c1. The Balaban J connectivity index is 1.98. The van der Waals surface area contributed by atoms with Crippen molar-refractivity contribution in [2.75, 3.05) is 24.8 Å². The van der Waals surface area contributed by atoms with Crippen molar-refractivity contribution in [2.45, 2.75) is 0 Å². The van der Waals surface area contributed by atoms with Crippen molar-refractivity contribution in [3.63, 3.8) is 0 Å². The summed E-state index contributed by atoms with van der Waals surface area (Å²) in [5, 5.41) is 2.80. The number of carbonyl (C=O) groups excluding carboxylic acids is 3. The van der Waals surface area contributed by atoms with Gasteiger partial charge in [-0.05, 0) is 30.3 Å². The molecule has 7 nitrogen and oxygen atoms in total. The quantitative estimate of drug-likeness (QED) is 0.625. The maximum absolute atomic E-state index is 11.9. The molecule has 0 fully saturated rings. The van der Waals surface area contributed by atoms with Crippen LogP contribution in [0.25, 0.3) is 0 Å². The summed E-state index contributed by atoms with van der Waals surface area (Å²) in [4.78, 5) is 35.5. The van der Waals surface area contributed by atoms with Crippen LogP contribution in [0.15, 0.2) is 42.5 Å². The summed E-state index contributed by atoms with van der Waals surface area (Å²) in [6, 6.07) is 10.6. The number of hydrogen-bond acceptors (Lipinski definition) is 6. The van der Waals surface area contributed by atoms with E-state index in [0.29, 0.717) is 5.02 Å². The van der Waals surface area contributed by atoms with E-state index < -0.39 is 24.5 Å². The van der Waals surface area contributed by atoms with Crippen molar-refractivity contribution in [3.8, 4) is 0 Å². The largest absolute Gasteiger partial charge is 0.465 e. The zero-order valence-corrected chi connectivity index (χ0v) is 14.0. The lowest BCUT2D eigenvalue weighted by atomic mass is 10.2. The number of methoxy groups -OCH3 is 1. The minimum atomic E-state index is -0.722. The molecule has 0 heterocycles. The van der Waals surface area contributed by atoms with Crippen molar-refractivity contribution in [2.24, 2.45) is 0 Å². The average molecular weight is 363 g/mol. The van der Waals surface area contributed by atoms with Crippen LogP contribution in [0, 0.1) is 0 Å². The Kier molecular flexibility index (Phi) is 5.97. The first-order valence-electron chi connectivity index (χ1n) is 7.11. The number of nitrogens with two attached hydrogens (primary N) is 1. The number of benzene rings is 2. The molecule has 2 rings (SSSR count). The number of esters is 2. The molecule has 0 radical (unpaired) electrons. The second-order valence-corrected chi connectivity index (χ2v) is 5.30. The Labute approximate surface area is 148 Å². The second kappa shape index (κ2) is 8.16. The molecule has 2 aromatic rings. The van der Waals surface area contributed by atoms with Gasteiger partial charge >= 0.3 is 11.9 Å². The van der Waals surface area contributed by atoms with Crippen molar-refractivity contribution in [1.82, 2.24) is 0 Å². The number of nitrogens with one attached hydrogen (secondary N) is 1. The van der Waals surface area contributed by atoms with Crippen LogP contribution >= 0.6 is 11.6 Å². The molecule has 1 amide bonds. The number of hydrogen-bond donors (Lipinski definition) is 2. The number of anilines is 2. The third-order valence-corrected chi connectivity index (χ3v) is 3.52. The molecule has 0 atom stereocenters. The van der Waals surface area contributed by atoms with Crippen molar-refractivity contribution in [3.05, 3.63) is 58.6 Å². The van der Waals surface area contributed by atoms with Crippen LogP contribution in [-0.2, 0) is 14.3 Å². The highest BCUT2D eigenvalue weighted by Crippen LogP contribution is 2.20. The molecule has 0 saturated carbocycles. The molecule has 0 aliphatic rings. The van der Waals surface area contributed by atoms with Crippen LogP contribution in [0.1, 0.15) is 20.7 Å². The summed E-state index contributed by atoms with van der Waals surface area (Å²) in [6.45, 7) is -0.531. The molecule has 0 aliphatic carbocycles. The van der Waals surface area contributed by atoms with Crippen LogP contribution in [-0.4, -0.2) is 31.6 Å². The molecule has 2 aromatic carbocycles. The van der Waals surface area contributed by atoms with E-state index in [1.54, 1.807) is 12.1 Å². The predicted molar refractivity (Wildman–Crippen MR) is 92.6 cm³/mol. The van der Waals surface area contributed by atoms with E-state index in [9.17, 15) is 14.4 Å². The Morgan fingerprint density at radius 2 is 1.84 bits per heavy atom. The van der Waals surface area contributed by atoms with Gasteiger partial charge in [0.25, 0.3) is 5.91 Å². The lowest BCUT2D eigenvalue weighted by Gasteiger charge is -2.10. The van der Waals surface area contributed by atoms with E-state index in [1.165, 1.54) is 37.4 Å². The molecule has 0 unspecified atom stereocenters. The normalized spacial score (nSPS) is 10.0.